The van der Waals surface area contributed by atoms with Crippen molar-refractivity contribution in [3.05, 3.63) is 23.7 Å². The van der Waals surface area contributed by atoms with Crippen molar-refractivity contribution in [2.75, 3.05) is 25.0 Å². The number of piperidine rings is 1. The number of anilines is 1. The van der Waals surface area contributed by atoms with Crippen molar-refractivity contribution in [3.8, 4) is 0 Å². The van der Waals surface area contributed by atoms with Crippen LogP contribution in [0.2, 0.25) is 0 Å². The Hall–Kier alpha value is -1.79. The van der Waals surface area contributed by atoms with E-state index >= 15 is 0 Å². The van der Waals surface area contributed by atoms with E-state index in [1.54, 1.807) is 6.33 Å². The van der Waals surface area contributed by atoms with Gasteiger partial charge in [0.25, 0.3) is 0 Å². The molecule has 4 heterocycles. The van der Waals surface area contributed by atoms with Gasteiger partial charge in [-0.05, 0) is 57.8 Å². The van der Waals surface area contributed by atoms with Gasteiger partial charge in [0.05, 0.1) is 23.6 Å². The quantitative estimate of drug-likeness (QED) is 0.883. The summed E-state index contributed by atoms with van der Waals surface area (Å²) in [5.74, 6) is 0.875. The molecule has 0 amide bonds. The Bertz CT molecular complexity index is 726. The summed E-state index contributed by atoms with van der Waals surface area (Å²) >= 11 is 0. The number of hydrogen-bond donors (Lipinski definition) is 2. The zero-order chi connectivity index (χ0) is 15.9. The third kappa shape index (κ3) is 2.77. The molecule has 2 aromatic rings. The molecule has 23 heavy (non-hydrogen) atoms. The average Bonchev–Trinajstić information content (AvgIpc) is 2.90. The number of aromatic nitrogens is 3. The van der Waals surface area contributed by atoms with Gasteiger partial charge in [-0.15, -0.1) is 0 Å². The van der Waals surface area contributed by atoms with Gasteiger partial charge in [-0.3, -0.25) is 0 Å². The maximum atomic E-state index is 6.17. The van der Waals surface area contributed by atoms with Gasteiger partial charge in [-0.25, -0.2) is 15.0 Å². The third-order valence-corrected chi connectivity index (χ3v) is 4.99. The molecule has 2 aliphatic heterocycles. The molecule has 0 unspecified atom stereocenters. The highest BCUT2D eigenvalue weighted by atomic mass is 16.5. The summed E-state index contributed by atoms with van der Waals surface area (Å²) in [5, 5.41) is 8.01. The van der Waals surface area contributed by atoms with Crippen molar-refractivity contribution in [1.82, 2.24) is 20.3 Å². The highest BCUT2D eigenvalue weighted by molar-refractivity contribution is 5.89. The van der Waals surface area contributed by atoms with Gasteiger partial charge in [0, 0.05) is 5.69 Å². The van der Waals surface area contributed by atoms with Gasteiger partial charge < -0.3 is 15.4 Å². The minimum Gasteiger partial charge on any atom is -0.373 e. The normalized spacial score (nSPS) is 23.5. The third-order valence-electron chi connectivity index (χ3n) is 4.99. The molecule has 2 saturated heterocycles. The number of nitrogens with zero attached hydrogens (tertiary/aromatic N) is 3. The molecule has 2 aliphatic rings. The summed E-state index contributed by atoms with van der Waals surface area (Å²) in [6, 6.07) is 2.38. The molecule has 2 N–H and O–H groups in total. The Balaban J connectivity index is 1.59. The molecule has 0 saturated carbocycles. The SMILES string of the molecule is Cc1cc(C)c2c(N[C@H]3COC4(CCNCC4)C3)ncnc2n1. The van der Waals surface area contributed by atoms with Crippen LogP contribution in [0.1, 0.15) is 30.5 Å². The molecule has 6 heteroatoms. The summed E-state index contributed by atoms with van der Waals surface area (Å²) < 4.78 is 6.17. The van der Waals surface area contributed by atoms with E-state index < -0.39 is 0 Å². The predicted octanol–water partition coefficient (Wildman–Crippen LogP) is 1.96. The summed E-state index contributed by atoms with van der Waals surface area (Å²) in [7, 11) is 0. The summed E-state index contributed by atoms with van der Waals surface area (Å²) in [6.45, 7) is 6.92. The molecule has 0 aromatic carbocycles. The monoisotopic (exact) mass is 313 g/mol. The first-order chi connectivity index (χ1) is 11.2. The van der Waals surface area contributed by atoms with E-state index in [9.17, 15) is 0 Å². The predicted molar refractivity (Wildman–Crippen MR) is 89.6 cm³/mol. The Morgan fingerprint density at radius 1 is 1.26 bits per heavy atom. The van der Waals surface area contributed by atoms with Gasteiger partial charge >= 0.3 is 0 Å². The molecule has 0 bridgehead atoms. The molecule has 1 atom stereocenters. The van der Waals surface area contributed by atoms with E-state index in [0.29, 0.717) is 6.04 Å². The standard InChI is InChI=1S/C17H23N5O/c1-11-7-12(2)21-15-14(11)16(20-10-19-15)22-13-8-17(23-9-13)3-5-18-6-4-17/h7,10,13,18H,3-6,8-9H2,1-2H3,(H,19,20,21,22)/t13-/m1/s1. The minimum atomic E-state index is 0.0512. The molecule has 1 spiro atoms. The average molecular weight is 313 g/mol. The number of nitrogens with one attached hydrogen (secondary N) is 2. The fourth-order valence-electron chi connectivity index (χ4n) is 3.88. The number of fused-ring (bicyclic) bond motifs is 1. The van der Waals surface area contributed by atoms with Crippen molar-refractivity contribution in [3.63, 3.8) is 0 Å². The Morgan fingerprint density at radius 3 is 2.91 bits per heavy atom. The Labute approximate surface area is 136 Å². The number of aryl methyl sites for hydroxylation is 2. The van der Waals surface area contributed by atoms with Gasteiger partial charge in [-0.1, -0.05) is 0 Å². The van der Waals surface area contributed by atoms with Crippen molar-refractivity contribution < 1.29 is 4.74 Å². The van der Waals surface area contributed by atoms with Crippen LogP contribution < -0.4 is 10.6 Å². The van der Waals surface area contributed by atoms with Crippen LogP contribution >= 0.6 is 0 Å². The first-order valence-corrected chi connectivity index (χ1v) is 8.35. The van der Waals surface area contributed by atoms with Crippen LogP contribution in [-0.2, 0) is 4.74 Å². The number of pyridine rings is 1. The zero-order valence-corrected chi connectivity index (χ0v) is 13.7. The van der Waals surface area contributed by atoms with E-state index in [2.05, 4.69) is 38.6 Å². The Kier molecular flexibility index (Phi) is 3.66. The van der Waals surface area contributed by atoms with Crippen LogP contribution in [0.4, 0.5) is 5.82 Å². The van der Waals surface area contributed by atoms with Gasteiger partial charge in [-0.2, -0.15) is 0 Å². The molecule has 122 valence electrons. The fraction of sp³-hybridized carbons (Fsp3) is 0.588. The van der Waals surface area contributed by atoms with Crippen LogP contribution in [0.15, 0.2) is 12.4 Å². The lowest BCUT2D eigenvalue weighted by Crippen LogP contribution is -2.41. The summed E-state index contributed by atoms with van der Waals surface area (Å²) in [5.41, 5.74) is 2.95. The van der Waals surface area contributed by atoms with E-state index in [-0.39, 0.29) is 5.60 Å². The highest BCUT2D eigenvalue weighted by Crippen LogP contribution is 2.35. The number of ether oxygens (including phenoxy) is 1. The second kappa shape index (κ2) is 5.69. The lowest BCUT2D eigenvalue weighted by Gasteiger charge is -2.32. The topological polar surface area (TPSA) is 72.0 Å². The van der Waals surface area contributed by atoms with Gasteiger partial charge in [0.15, 0.2) is 5.65 Å². The van der Waals surface area contributed by atoms with Crippen LogP contribution in [0.25, 0.3) is 11.0 Å². The number of rotatable bonds is 2. The summed E-state index contributed by atoms with van der Waals surface area (Å²) in [4.78, 5) is 13.3. The number of hydrogen-bond acceptors (Lipinski definition) is 6. The fourth-order valence-corrected chi connectivity index (χ4v) is 3.88. The van der Waals surface area contributed by atoms with Crippen molar-refractivity contribution >= 4 is 16.9 Å². The molecule has 4 rings (SSSR count). The van der Waals surface area contributed by atoms with E-state index in [1.165, 1.54) is 0 Å². The maximum absolute atomic E-state index is 6.17. The minimum absolute atomic E-state index is 0.0512. The highest BCUT2D eigenvalue weighted by Gasteiger charge is 2.41. The molecular weight excluding hydrogens is 290 g/mol. The van der Waals surface area contributed by atoms with Crippen molar-refractivity contribution in [2.24, 2.45) is 0 Å². The van der Waals surface area contributed by atoms with Crippen LogP contribution in [0, 0.1) is 13.8 Å². The van der Waals surface area contributed by atoms with Crippen LogP contribution in [0.5, 0.6) is 0 Å². The zero-order valence-electron chi connectivity index (χ0n) is 13.7. The molecular formula is C17H23N5O. The van der Waals surface area contributed by atoms with E-state index in [1.807, 2.05) is 6.92 Å². The molecule has 0 aliphatic carbocycles. The smallest absolute Gasteiger partial charge is 0.165 e. The van der Waals surface area contributed by atoms with Gasteiger partial charge in [0.1, 0.15) is 12.1 Å². The van der Waals surface area contributed by atoms with E-state index in [4.69, 9.17) is 4.74 Å². The molecule has 2 aromatic heterocycles. The van der Waals surface area contributed by atoms with Gasteiger partial charge in [0.2, 0.25) is 0 Å². The molecule has 6 nitrogen and oxygen atoms in total. The second-order valence-electron chi connectivity index (χ2n) is 6.79. The molecule has 0 radical (unpaired) electrons. The maximum Gasteiger partial charge on any atom is 0.165 e. The lowest BCUT2D eigenvalue weighted by atomic mass is 9.88. The second-order valence-corrected chi connectivity index (χ2v) is 6.79. The lowest BCUT2D eigenvalue weighted by molar-refractivity contribution is -0.0192. The molecule has 2 fully saturated rings. The first kappa shape index (κ1) is 14.8. The van der Waals surface area contributed by atoms with Crippen LogP contribution in [-0.4, -0.2) is 46.3 Å². The van der Waals surface area contributed by atoms with Crippen LogP contribution in [0.3, 0.4) is 0 Å². The van der Waals surface area contributed by atoms with Crippen molar-refractivity contribution in [2.45, 2.75) is 44.8 Å². The largest absolute Gasteiger partial charge is 0.373 e. The Morgan fingerprint density at radius 2 is 2.09 bits per heavy atom. The first-order valence-electron chi connectivity index (χ1n) is 8.35. The van der Waals surface area contributed by atoms with E-state index in [0.717, 1.165) is 67.1 Å². The van der Waals surface area contributed by atoms with Crippen molar-refractivity contribution in [1.29, 1.82) is 0 Å². The summed E-state index contributed by atoms with van der Waals surface area (Å²) in [6.07, 6.45) is 4.82.